The molecule has 13 heavy (non-hydrogen) atoms. The molecule has 0 saturated heterocycles. The van der Waals surface area contributed by atoms with Crippen LogP contribution >= 0.6 is 0 Å². The molecule has 1 aromatic rings. The highest BCUT2D eigenvalue weighted by molar-refractivity contribution is 5.70. The summed E-state index contributed by atoms with van der Waals surface area (Å²) < 4.78 is 0. The minimum Gasteiger partial charge on any atom is -0.313 e. The fraction of sp³-hybridized carbons (Fsp3) is 0.400. The highest BCUT2D eigenvalue weighted by Crippen LogP contribution is 2.14. The van der Waals surface area contributed by atoms with Crippen LogP contribution in [0.2, 0.25) is 0 Å². The predicted octanol–water partition coefficient (Wildman–Crippen LogP) is 1.91. The number of anilines is 1. The van der Waals surface area contributed by atoms with Gasteiger partial charge in [0.2, 0.25) is 6.41 Å². The van der Waals surface area contributed by atoms with E-state index in [1.54, 1.807) is 6.20 Å². The van der Waals surface area contributed by atoms with Crippen molar-refractivity contribution in [1.29, 1.82) is 0 Å². The largest absolute Gasteiger partial charge is 0.313 e. The lowest BCUT2D eigenvalue weighted by atomic mass is 10.1. The Labute approximate surface area is 78.2 Å². The first-order chi connectivity index (χ1) is 6.27. The van der Waals surface area contributed by atoms with Gasteiger partial charge in [-0.15, -0.1) is 0 Å². The third-order valence-electron chi connectivity index (χ3n) is 1.82. The third-order valence-corrected chi connectivity index (χ3v) is 1.82. The van der Waals surface area contributed by atoms with Crippen LogP contribution in [-0.4, -0.2) is 11.4 Å². The zero-order valence-electron chi connectivity index (χ0n) is 8.00. The number of hydrogen-bond donors (Lipinski definition) is 1. The lowest BCUT2D eigenvalue weighted by Crippen LogP contribution is -2.02. The zero-order chi connectivity index (χ0) is 9.68. The first kappa shape index (κ1) is 9.71. The lowest BCUT2D eigenvalue weighted by Gasteiger charge is -2.06. The van der Waals surface area contributed by atoms with Crippen molar-refractivity contribution in [2.24, 2.45) is 0 Å². The molecule has 3 nitrogen and oxygen atoms in total. The summed E-state index contributed by atoms with van der Waals surface area (Å²) in [5.74, 6) is 0.683. The van der Waals surface area contributed by atoms with E-state index in [1.165, 1.54) is 0 Å². The van der Waals surface area contributed by atoms with Crippen LogP contribution in [0, 0.1) is 6.92 Å². The van der Waals surface area contributed by atoms with Gasteiger partial charge in [-0.1, -0.05) is 19.4 Å². The Kier molecular flexibility index (Phi) is 3.43. The van der Waals surface area contributed by atoms with Gasteiger partial charge in [0.05, 0.1) is 0 Å². The highest BCUT2D eigenvalue weighted by Gasteiger charge is 2.01. The molecule has 70 valence electrons. The van der Waals surface area contributed by atoms with Crippen molar-refractivity contribution in [1.82, 2.24) is 4.98 Å². The molecule has 0 saturated carbocycles. The van der Waals surface area contributed by atoms with E-state index in [9.17, 15) is 4.79 Å². The maximum absolute atomic E-state index is 10.3. The van der Waals surface area contributed by atoms with Gasteiger partial charge < -0.3 is 5.32 Å². The van der Waals surface area contributed by atoms with Gasteiger partial charge >= 0.3 is 0 Å². The van der Waals surface area contributed by atoms with Gasteiger partial charge in [-0.05, 0) is 24.5 Å². The molecule has 0 unspecified atom stereocenters. The molecule has 0 bridgehead atoms. The van der Waals surface area contributed by atoms with Crippen molar-refractivity contribution >= 4 is 12.2 Å². The fourth-order valence-corrected chi connectivity index (χ4v) is 1.28. The van der Waals surface area contributed by atoms with Crippen LogP contribution in [0.3, 0.4) is 0 Å². The lowest BCUT2D eigenvalue weighted by molar-refractivity contribution is -0.105. The molecule has 0 radical (unpaired) electrons. The molecule has 0 fully saturated rings. The van der Waals surface area contributed by atoms with E-state index in [-0.39, 0.29) is 0 Å². The smallest absolute Gasteiger partial charge is 0.212 e. The number of nitrogens with one attached hydrogen (secondary N) is 1. The van der Waals surface area contributed by atoms with Crippen molar-refractivity contribution in [3.63, 3.8) is 0 Å². The molecule has 0 aliphatic carbocycles. The summed E-state index contributed by atoms with van der Waals surface area (Å²) in [6, 6.07) is 2.06. The summed E-state index contributed by atoms with van der Waals surface area (Å²) in [5, 5.41) is 2.60. The summed E-state index contributed by atoms with van der Waals surface area (Å²) >= 11 is 0. The zero-order valence-corrected chi connectivity index (χ0v) is 8.00. The van der Waals surface area contributed by atoms with E-state index < -0.39 is 0 Å². The van der Waals surface area contributed by atoms with E-state index in [0.717, 1.165) is 24.0 Å². The molecular weight excluding hydrogens is 164 g/mol. The number of rotatable bonds is 4. The Hall–Kier alpha value is -1.38. The maximum atomic E-state index is 10.3. The number of aromatic nitrogens is 1. The summed E-state index contributed by atoms with van der Waals surface area (Å²) in [5.41, 5.74) is 2.23. The molecule has 0 atom stereocenters. The summed E-state index contributed by atoms with van der Waals surface area (Å²) in [6.45, 7) is 4.10. The Morgan fingerprint density at radius 2 is 2.38 bits per heavy atom. The van der Waals surface area contributed by atoms with Crippen molar-refractivity contribution in [2.45, 2.75) is 26.7 Å². The molecule has 0 aromatic carbocycles. The molecule has 1 rings (SSSR count). The first-order valence-corrected chi connectivity index (χ1v) is 4.43. The number of amides is 1. The second kappa shape index (κ2) is 4.60. The second-order valence-corrected chi connectivity index (χ2v) is 3.03. The number of pyridine rings is 1. The van der Waals surface area contributed by atoms with Crippen molar-refractivity contribution in [3.05, 3.63) is 23.4 Å². The normalized spacial score (nSPS) is 9.69. The number of nitrogens with zero attached hydrogens (tertiary/aromatic N) is 1. The quantitative estimate of drug-likeness (QED) is 0.715. The van der Waals surface area contributed by atoms with E-state index in [2.05, 4.69) is 23.3 Å². The fourth-order valence-electron chi connectivity index (χ4n) is 1.28. The molecule has 0 spiro atoms. The SMILES string of the molecule is CCCc1cc(C)cnc1NC=O. The van der Waals surface area contributed by atoms with Crippen LogP contribution in [0.25, 0.3) is 0 Å². The van der Waals surface area contributed by atoms with Gasteiger partial charge in [-0.25, -0.2) is 4.98 Å². The summed E-state index contributed by atoms with van der Waals surface area (Å²) in [6.07, 6.45) is 4.42. The van der Waals surface area contributed by atoms with Gasteiger partial charge in [-0.2, -0.15) is 0 Å². The van der Waals surface area contributed by atoms with Crippen LogP contribution in [0.1, 0.15) is 24.5 Å². The number of carbonyl (C=O) groups excluding carboxylic acids is 1. The molecule has 1 N–H and O–H groups in total. The van der Waals surface area contributed by atoms with Gasteiger partial charge in [0, 0.05) is 6.20 Å². The monoisotopic (exact) mass is 178 g/mol. The van der Waals surface area contributed by atoms with E-state index in [1.807, 2.05) is 6.92 Å². The van der Waals surface area contributed by atoms with Crippen molar-refractivity contribution < 1.29 is 4.79 Å². The van der Waals surface area contributed by atoms with E-state index >= 15 is 0 Å². The van der Waals surface area contributed by atoms with E-state index in [4.69, 9.17) is 0 Å². The Morgan fingerprint density at radius 1 is 1.62 bits per heavy atom. The third kappa shape index (κ3) is 2.54. The maximum Gasteiger partial charge on any atom is 0.212 e. The van der Waals surface area contributed by atoms with Crippen LogP contribution in [-0.2, 0) is 11.2 Å². The minimum atomic E-state index is 0.664. The number of carbonyl (C=O) groups is 1. The molecule has 0 aliphatic heterocycles. The molecular formula is C10H14N2O. The average Bonchev–Trinajstić information content (AvgIpc) is 2.10. The van der Waals surface area contributed by atoms with Gasteiger partial charge in [-0.3, -0.25) is 4.79 Å². The Bertz CT molecular complexity index is 297. The number of hydrogen-bond acceptors (Lipinski definition) is 2. The Balaban J connectivity index is 2.95. The standard InChI is InChI=1S/C10H14N2O/c1-3-4-9-5-8(2)6-11-10(9)12-7-13/h5-7H,3-4H2,1-2H3,(H,11,12,13). The predicted molar refractivity (Wildman–Crippen MR) is 52.7 cm³/mol. The summed E-state index contributed by atoms with van der Waals surface area (Å²) in [4.78, 5) is 14.4. The average molecular weight is 178 g/mol. The van der Waals surface area contributed by atoms with Gasteiger partial charge in [0.15, 0.2) is 0 Å². The van der Waals surface area contributed by atoms with Crippen LogP contribution < -0.4 is 5.32 Å². The molecule has 1 heterocycles. The number of aryl methyl sites for hydroxylation is 2. The van der Waals surface area contributed by atoms with Crippen LogP contribution in [0.15, 0.2) is 12.3 Å². The van der Waals surface area contributed by atoms with Crippen molar-refractivity contribution in [2.75, 3.05) is 5.32 Å². The van der Waals surface area contributed by atoms with Crippen molar-refractivity contribution in [3.8, 4) is 0 Å². The minimum absolute atomic E-state index is 0.664. The van der Waals surface area contributed by atoms with E-state index in [0.29, 0.717) is 12.2 Å². The molecule has 3 heteroatoms. The molecule has 1 aromatic heterocycles. The second-order valence-electron chi connectivity index (χ2n) is 3.03. The molecule has 1 amide bonds. The Morgan fingerprint density at radius 3 is 3.00 bits per heavy atom. The van der Waals surface area contributed by atoms with Gasteiger partial charge in [0.1, 0.15) is 5.82 Å². The van der Waals surface area contributed by atoms with Crippen LogP contribution in [0.4, 0.5) is 5.82 Å². The van der Waals surface area contributed by atoms with Gasteiger partial charge in [0.25, 0.3) is 0 Å². The van der Waals surface area contributed by atoms with Crippen LogP contribution in [0.5, 0.6) is 0 Å². The summed E-state index contributed by atoms with van der Waals surface area (Å²) in [7, 11) is 0. The first-order valence-electron chi connectivity index (χ1n) is 4.43. The highest BCUT2D eigenvalue weighted by atomic mass is 16.1. The molecule has 0 aliphatic rings. The topological polar surface area (TPSA) is 42.0 Å².